The molecule has 1 amide bonds. The Hall–Kier alpha value is -2.04. The second kappa shape index (κ2) is 9.87. The largest absolute Gasteiger partial charge is 0.494 e. The van der Waals surface area contributed by atoms with E-state index in [-0.39, 0.29) is 30.8 Å². The van der Waals surface area contributed by atoms with Crippen molar-refractivity contribution in [2.75, 3.05) is 18.5 Å². The molecule has 0 aromatic heterocycles. The monoisotopic (exact) mass is 334 g/mol. The van der Waals surface area contributed by atoms with E-state index in [0.717, 1.165) is 23.4 Å². The highest BCUT2D eigenvalue weighted by atomic mass is 35.5. The Labute approximate surface area is 143 Å². The predicted octanol–water partition coefficient (Wildman–Crippen LogP) is 3.58. The minimum Gasteiger partial charge on any atom is -0.494 e. The van der Waals surface area contributed by atoms with E-state index >= 15 is 0 Å². The molecule has 1 unspecified atom stereocenters. The van der Waals surface area contributed by atoms with Gasteiger partial charge >= 0.3 is 0 Å². The molecule has 0 spiro atoms. The summed E-state index contributed by atoms with van der Waals surface area (Å²) >= 11 is 0. The summed E-state index contributed by atoms with van der Waals surface area (Å²) in [5.74, 6) is 0.353. The van der Waals surface area contributed by atoms with Crippen molar-refractivity contribution in [1.82, 2.24) is 0 Å². The van der Waals surface area contributed by atoms with E-state index in [0.29, 0.717) is 6.61 Å². The summed E-state index contributed by atoms with van der Waals surface area (Å²) in [6, 6.07) is 16.9. The van der Waals surface area contributed by atoms with Gasteiger partial charge in [0.15, 0.2) is 0 Å². The van der Waals surface area contributed by atoms with Crippen LogP contribution in [0.5, 0.6) is 5.75 Å². The van der Waals surface area contributed by atoms with E-state index in [1.54, 1.807) is 0 Å². The van der Waals surface area contributed by atoms with Crippen LogP contribution in [0.15, 0.2) is 54.6 Å². The summed E-state index contributed by atoms with van der Waals surface area (Å²) < 4.78 is 5.52. The molecular weight excluding hydrogens is 312 g/mol. The maximum absolute atomic E-state index is 12.4. The Morgan fingerprint density at radius 2 is 1.78 bits per heavy atom. The van der Waals surface area contributed by atoms with Crippen molar-refractivity contribution >= 4 is 24.0 Å². The third-order valence-corrected chi connectivity index (χ3v) is 3.35. The van der Waals surface area contributed by atoms with Gasteiger partial charge in [0.2, 0.25) is 5.91 Å². The highest BCUT2D eigenvalue weighted by Gasteiger charge is 2.18. The first-order valence-corrected chi connectivity index (χ1v) is 7.53. The summed E-state index contributed by atoms with van der Waals surface area (Å²) in [6.45, 7) is 3.02. The molecule has 0 aliphatic heterocycles. The van der Waals surface area contributed by atoms with Crippen LogP contribution >= 0.6 is 12.4 Å². The molecule has 0 saturated heterocycles. The third-order valence-electron chi connectivity index (χ3n) is 3.35. The summed E-state index contributed by atoms with van der Waals surface area (Å²) in [4.78, 5) is 12.4. The first-order valence-electron chi connectivity index (χ1n) is 7.53. The van der Waals surface area contributed by atoms with Crippen LogP contribution in [0, 0.1) is 0 Å². The number of benzene rings is 2. The second-order valence-electron chi connectivity index (χ2n) is 5.06. The summed E-state index contributed by atoms with van der Waals surface area (Å²) in [6.07, 6.45) is 0.966. The van der Waals surface area contributed by atoms with Crippen molar-refractivity contribution in [2.45, 2.75) is 19.3 Å². The number of hydrogen-bond acceptors (Lipinski definition) is 3. The lowest BCUT2D eigenvalue weighted by Crippen LogP contribution is -2.27. The van der Waals surface area contributed by atoms with Gasteiger partial charge in [0.1, 0.15) is 5.75 Å². The average Bonchev–Trinajstić information content (AvgIpc) is 2.56. The van der Waals surface area contributed by atoms with Crippen molar-refractivity contribution in [2.24, 2.45) is 5.73 Å². The molecule has 2 aromatic rings. The highest BCUT2D eigenvalue weighted by Crippen LogP contribution is 2.19. The van der Waals surface area contributed by atoms with Crippen LogP contribution in [0.1, 0.15) is 24.8 Å². The van der Waals surface area contributed by atoms with Gasteiger partial charge in [0.25, 0.3) is 0 Å². The molecule has 0 saturated carbocycles. The molecule has 0 heterocycles. The van der Waals surface area contributed by atoms with Gasteiger partial charge in [-0.3, -0.25) is 4.79 Å². The van der Waals surface area contributed by atoms with E-state index in [2.05, 4.69) is 12.2 Å². The SMILES string of the molecule is CCCOc1ccc(NC(=O)C(CN)c2ccccc2)cc1.Cl. The molecule has 0 aliphatic rings. The van der Waals surface area contributed by atoms with Crippen LogP contribution < -0.4 is 15.8 Å². The number of amides is 1. The number of nitrogens with one attached hydrogen (secondary N) is 1. The predicted molar refractivity (Wildman–Crippen MR) is 96.3 cm³/mol. The third kappa shape index (κ3) is 5.58. The number of rotatable bonds is 7. The van der Waals surface area contributed by atoms with Gasteiger partial charge in [-0.05, 0) is 36.2 Å². The van der Waals surface area contributed by atoms with Crippen LogP contribution in [0.25, 0.3) is 0 Å². The Morgan fingerprint density at radius 1 is 1.13 bits per heavy atom. The Kier molecular flexibility index (Phi) is 8.16. The van der Waals surface area contributed by atoms with E-state index in [1.807, 2.05) is 54.6 Å². The summed E-state index contributed by atoms with van der Waals surface area (Å²) in [7, 11) is 0. The quantitative estimate of drug-likeness (QED) is 0.813. The number of halogens is 1. The molecule has 0 aliphatic carbocycles. The molecule has 2 rings (SSSR count). The molecular formula is C18H23ClN2O2. The number of carbonyl (C=O) groups is 1. The molecule has 1 atom stereocenters. The maximum atomic E-state index is 12.4. The lowest BCUT2D eigenvalue weighted by atomic mass is 9.98. The summed E-state index contributed by atoms with van der Waals surface area (Å²) in [5.41, 5.74) is 7.42. The van der Waals surface area contributed by atoms with Gasteiger partial charge in [-0.25, -0.2) is 0 Å². The Balaban J connectivity index is 0.00000264. The van der Waals surface area contributed by atoms with Crippen LogP contribution in [0.3, 0.4) is 0 Å². The molecule has 2 aromatic carbocycles. The van der Waals surface area contributed by atoms with Gasteiger partial charge in [-0.1, -0.05) is 37.3 Å². The molecule has 3 N–H and O–H groups in total. The van der Waals surface area contributed by atoms with Gasteiger partial charge in [-0.2, -0.15) is 0 Å². The summed E-state index contributed by atoms with van der Waals surface area (Å²) in [5, 5.41) is 2.90. The van der Waals surface area contributed by atoms with Crippen LogP contribution in [0.4, 0.5) is 5.69 Å². The minimum atomic E-state index is -0.350. The van der Waals surface area contributed by atoms with Crippen LogP contribution in [-0.2, 0) is 4.79 Å². The number of hydrogen-bond donors (Lipinski definition) is 2. The van der Waals surface area contributed by atoms with Crippen LogP contribution in [-0.4, -0.2) is 19.1 Å². The molecule has 0 fully saturated rings. The minimum absolute atomic E-state index is 0. The Morgan fingerprint density at radius 3 is 2.35 bits per heavy atom. The normalized spacial score (nSPS) is 11.2. The molecule has 4 nitrogen and oxygen atoms in total. The maximum Gasteiger partial charge on any atom is 0.233 e. The number of nitrogens with two attached hydrogens (primary N) is 1. The average molecular weight is 335 g/mol. The number of ether oxygens (including phenoxy) is 1. The zero-order valence-electron chi connectivity index (χ0n) is 13.2. The molecule has 0 bridgehead atoms. The fourth-order valence-corrected chi connectivity index (χ4v) is 2.16. The van der Waals surface area contributed by atoms with Gasteiger partial charge in [0.05, 0.1) is 12.5 Å². The molecule has 124 valence electrons. The van der Waals surface area contributed by atoms with Gasteiger partial charge in [0, 0.05) is 12.2 Å². The zero-order valence-corrected chi connectivity index (χ0v) is 14.0. The smallest absolute Gasteiger partial charge is 0.233 e. The van der Waals surface area contributed by atoms with Crippen molar-refractivity contribution in [1.29, 1.82) is 0 Å². The van der Waals surface area contributed by atoms with E-state index < -0.39 is 0 Å². The lowest BCUT2D eigenvalue weighted by molar-refractivity contribution is -0.117. The zero-order chi connectivity index (χ0) is 15.8. The van der Waals surface area contributed by atoms with E-state index in [9.17, 15) is 4.79 Å². The van der Waals surface area contributed by atoms with Crippen molar-refractivity contribution < 1.29 is 9.53 Å². The van der Waals surface area contributed by atoms with Crippen molar-refractivity contribution in [3.63, 3.8) is 0 Å². The molecule has 0 radical (unpaired) electrons. The number of anilines is 1. The first-order chi connectivity index (χ1) is 10.7. The lowest BCUT2D eigenvalue weighted by Gasteiger charge is -2.15. The highest BCUT2D eigenvalue weighted by molar-refractivity contribution is 5.96. The van der Waals surface area contributed by atoms with E-state index in [1.165, 1.54) is 0 Å². The fraction of sp³-hybridized carbons (Fsp3) is 0.278. The van der Waals surface area contributed by atoms with Crippen molar-refractivity contribution in [3.8, 4) is 5.75 Å². The van der Waals surface area contributed by atoms with E-state index in [4.69, 9.17) is 10.5 Å². The van der Waals surface area contributed by atoms with Gasteiger partial charge < -0.3 is 15.8 Å². The second-order valence-corrected chi connectivity index (χ2v) is 5.06. The fourth-order valence-electron chi connectivity index (χ4n) is 2.16. The molecule has 5 heteroatoms. The topological polar surface area (TPSA) is 64.3 Å². The number of carbonyl (C=O) groups excluding carboxylic acids is 1. The molecule has 23 heavy (non-hydrogen) atoms. The van der Waals surface area contributed by atoms with Crippen LogP contribution in [0.2, 0.25) is 0 Å². The Bertz CT molecular complexity index is 588. The first kappa shape index (κ1) is 19.0. The standard InChI is InChI=1S/C18H22N2O2.ClH/c1-2-12-22-16-10-8-15(9-11-16)20-18(21)17(13-19)14-6-4-3-5-7-14;/h3-11,17H,2,12-13,19H2,1H3,(H,20,21);1H. The van der Waals surface area contributed by atoms with Gasteiger partial charge in [-0.15, -0.1) is 12.4 Å². The van der Waals surface area contributed by atoms with Crippen molar-refractivity contribution in [3.05, 3.63) is 60.2 Å².